The Morgan fingerprint density at radius 3 is 2.46 bits per heavy atom. The van der Waals surface area contributed by atoms with Gasteiger partial charge in [0, 0.05) is 0 Å². The van der Waals surface area contributed by atoms with Crippen molar-refractivity contribution < 1.29 is 14.0 Å². The highest BCUT2D eigenvalue weighted by molar-refractivity contribution is 6.82. The SMILES string of the molecule is C=Cc1ccc([SiH](C)O[Si](C)(C)CCCc2ccc(O)c(OC)c2)cc1. The molecule has 0 amide bonds. The molecule has 2 aromatic carbocycles. The van der Waals surface area contributed by atoms with Crippen LogP contribution in [0.1, 0.15) is 17.5 Å². The summed E-state index contributed by atoms with van der Waals surface area (Å²) in [7, 11) is -1.50. The van der Waals surface area contributed by atoms with E-state index in [0.717, 1.165) is 24.4 Å². The molecule has 0 saturated heterocycles. The van der Waals surface area contributed by atoms with E-state index in [1.807, 2.05) is 18.2 Å². The molecular weight excluding hydrogens is 356 g/mol. The van der Waals surface area contributed by atoms with E-state index in [4.69, 9.17) is 8.85 Å². The van der Waals surface area contributed by atoms with Crippen LogP contribution in [0.2, 0.25) is 25.7 Å². The van der Waals surface area contributed by atoms with E-state index in [1.165, 1.54) is 10.8 Å². The molecule has 0 aromatic heterocycles. The van der Waals surface area contributed by atoms with Crippen molar-refractivity contribution >= 4 is 28.6 Å². The third-order valence-electron chi connectivity index (χ3n) is 4.63. The van der Waals surface area contributed by atoms with Gasteiger partial charge in [0.15, 0.2) is 28.9 Å². The molecule has 1 unspecified atom stereocenters. The van der Waals surface area contributed by atoms with Crippen molar-refractivity contribution in [3.63, 3.8) is 0 Å². The molecule has 26 heavy (non-hydrogen) atoms. The van der Waals surface area contributed by atoms with E-state index >= 15 is 0 Å². The molecule has 0 radical (unpaired) electrons. The van der Waals surface area contributed by atoms with Crippen LogP contribution in [-0.2, 0) is 10.5 Å². The summed E-state index contributed by atoms with van der Waals surface area (Å²) in [5, 5.41) is 11.0. The topological polar surface area (TPSA) is 38.7 Å². The van der Waals surface area contributed by atoms with Crippen molar-refractivity contribution in [2.45, 2.75) is 38.5 Å². The minimum atomic E-state index is -1.70. The third-order valence-corrected chi connectivity index (χ3v) is 11.5. The van der Waals surface area contributed by atoms with Gasteiger partial charge in [0.05, 0.1) is 7.11 Å². The van der Waals surface area contributed by atoms with Crippen LogP contribution in [0.3, 0.4) is 0 Å². The second-order valence-corrected chi connectivity index (χ2v) is 14.2. The summed E-state index contributed by atoms with van der Waals surface area (Å²) in [4.78, 5) is 0. The van der Waals surface area contributed by atoms with Crippen molar-refractivity contribution in [2.75, 3.05) is 7.11 Å². The predicted molar refractivity (Wildman–Crippen MR) is 116 cm³/mol. The molecule has 1 N–H and O–H groups in total. The number of rotatable bonds is 9. The summed E-state index contributed by atoms with van der Waals surface area (Å²) < 4.78 is 11.8. The van der Waals surface area contributed by atoms with Crippen molar-refractivity contribution in [1.82, 2.24) is 0 Å². The number of benzene rings is 2. The van der Waals surface area contributed by atoms with Crippen LogP contribution in [0.5, 0.6) is 11.5 Å². The molecule has 1 atom stereocenters. The van der Waals surface area contributed by atoms with Gasteiger partial charge in [-0.1, -0.05) is 43.0 Å². The van der Waals surface area contributed by atoms with Crippen molar-refractivity contribution in [2.24, 2.45) is 0 Å². The number of hydrogen-bond donors (Lipinski definition) is 1. The van der Waals surface area contributed by atoms with E-state index < -0.39 is 17.4 Å². The first-order valence-electron chi connectivity index (χ1n) is 9.11. The predicted octanol–water partition coefficient (Wildman–Crippen LogP) is 4.46. The highest BCUT2D eigenvalue weighted by Gasteiger charge is 2.25. The Hall–Kier alpha value is -1.83. The lowest BCUT2D eigenvalue weighted by molar-refractivity contribution is 0.373. The molecule has 2 aromatic rings. The fourth-order valence-electron chi connectivity index (χ4n) is 3.10. The smallest absolute Gasteiger partial charge is 0.192 e. The lowest BCUT2D eigenvalue weighted by Crippen LogP contribution is -2.42. The van der Waals surface area contributed by atoms with E-state index in [-0.39, 0.29) is 5.75 Å². The van der Waals surface area contributed by atoms with Gasteiger partial charge in [-0.3, -0.25) is 0 Å². The van der Waals surface area contributed by atoms with Gasteiger partial charge in [-0.25, -0.2) is 0 Å². The van der Waals surface area contributed by atoms with Gasteiger partial charge in [-0.2, -0.15) is 0 Å². The van der Waals surface area contributed by atoms with Gasteiger partial charge < -0.3 is 14.0 Å². The first kappa shape index (κ1) is 20.5. The standard InChI is InChI=1S/C21H30O3Si2/c1-6-17-9-12-19(13-10-17)25(3)24-26(4,5)15-7-8-18-11-14-20(22)21(16-18)23-2/h6,9-14,16,22,25H,1,7-8,15H2,2-5H3. The molecule has 140 valence electrons. The molecule has 0 spiro atoms. The zero-order chi connectivity index (χ0) is 19.2. The summed E-state index contributed by atoms with van der Waals surface area (Å²) in [5.74, 6) is 0.732. The number of phenolic OH excluding ortho intramolecular Hbond substituents is 1. The zero-order valence-electron chi connectivity index (χ0n) is 16.3. The molecule has 0 fully saturated rings. The van der Waals surface area contributed by atoms with Gasteiger partial charge in [0.1, 0.15) is 0 Å². The fraction of sp³-hybridized carbons (Fsp3) is 0.333. The number of hydrogen-bond acceptors (Lipinski definition) is 3. The fourth-order valence-corrected chi connectivity index (χ4v) is 9.71. The molecule has 0 aliphatic rings. The van der Waals surface area contributed by atoms with Crippen molar-refractivity contribution in [3.8, 4) is 11.5 Å². The quantitative estimate of drug-likeness (QED) is 0.647. The van der Waals surface area contributed by atoms with Crippen LogP contribution in [0, 0.1) is 0 Å². The third kappa shape index (κ3) is 5.86. The van der Waals surface area contributed by atoms with Crippen LogP contribution in [0.25, 0.3) is 6.08 Å². The first-order valence-corrected chi connectivity index (χ1v) is 14.4. The number of methoxy groups -OCH3 is 1. The normalized spacial score (nSPS) is 12.6. The van der Waals surface area contributed by atoms with Gasteiger partial charge in [-0.15, -0.1) is 0 Å². The molecule has 2 rings (SSSR count). The minimum Gasteiger partial charge on any atom is -0.504 e. The zero-order valence-corrected chi connectivity index (χ0v) is 18.4. The van der Waals surface area contributed by atoms with Gasteiger partial charge >= 0.3 is 0 Å². The summed E-state index contributed by atoms with van der Waals surface area (Å²) in [6.07, 6.45) is 3.93. The number of ether oxygens (including phenoxy) is 1. The minimum absolute atomic E-state index is 0.191. The highest BCUT2D eigenvalue weighted by atomic mass is 28.4. The second kappa shape index (κ2) is 9.21. The first-order chi connectivity index (χ1) is 12.3. The summed E-state index contributed by atoms with van der Waals surface area (Å²) in [6.45, 7) is 10.7. The highest BCUT2D eigenvalue weighted by Crippen LogP contribution is 2.27. The Bertz CT molecular complexity index is 727. The average molecular weight is 387 g/mol. The van der Waals surface area contributed by atoms with E-state index in [9.17, 15) is 5.11 Å². The molecule has 5 heteroatoms. The lowest BCUT2D eigenvalue weighted by Gasteiger charge is -2.27. The largest absolute Gasteiger partial charge is 0.504 e. The van der Waals surface area contributed by atoms with E-state index in [1.54, 1.807) is 13.2 Å². The van der Waals surface area contributed by atoms with Crippen molar-refractivity contribution in [3.05, 3.63) is 60.2 Å². The Morgan fingerprint density at radius 2 is 1.85 bits per heavy atom. The van der Waals surface area contributed by atoms with Crippen LogP contribution in [0.4, 0.5) is 0 Å². The molecule has 0 aliphatic heterocycles. The molecule has 0 heterocycles. The molecule has 3 nitrogen and oxygen atoms in total. The van der Waals surface area contributed by atoms with E-state index in [0.29, 0.717) is 5.75 Å². The van der Waals surface area contributed by atoms with Crippen LogP contribution in [-0.4, -0.2) is 29.6 Å². The van der Waals surface area contributed by atoms with Crippen molar-refractivity contribution in [1.29, 1.82) is 0 Å². The Kier molecular flexibility index (Phi) is 7.26. The Morgan fingerprint density at radius 1 is 1.15 bits per heavy atom. The molecule has 0 saturated carbocycles. The van der Waals surface area contributed by atoms with Crippen LogP contribution < -0.4 is 9.92 Å². The second-order valence-electron chi connectivity index (χ2n) is 7.25. The van der Waals surface area contributed by atoms with Gasteiger partial charge in [0.2, 0.25) is 0 Å². The monoisotopic (exact) mass is 386 g/mol. The van der Waals surface area contributed by atoms with Gasteiger partial charge in [-0.05, 0) is 67.0 Å². The Balaban J connectivity index is 1.88. The average Bonchev–Trinajstić information content (AvgIpc) is 2.62. The molecule has 0 bridgehead atoms. The summed E-state index contributed by atoms with van der Waals surface area (Å²) in [6, 6.07) is 15.3. The molecule has 0 aliphatic carbocycles. The maximum absolute atomic E-state index is 9.69. The summed E-state index contributed by atoms with van der Waals surface area (Å²) in [5.41, 5.74) is 2.34. The number of phenols is 1. The lowest BCUT2D eigenvalue weighted by atomic mass is 10.1. The Labute approximate surface area is 160 Å². The molecular formula is C21H30O3Si2. The number of aromatic hydroxyl groups is 1. The summed E-state index contributed by atoms with van der Waals surface area (Å²) >= 11 is 0. The number of aryl methyl sites for hydroxylation is 1. The van der Waals surface area contributed by atoms with E-state index in [2.05, 4.69) is 50.5 Å². The maximum Gasteiger partial charge on any atom is 0.192 e. The van der Waals surface area contributed by atoms with Crippen LogP contribution >= 0.6 is 0 Å². The van der Waals surface area contributed by atoms with Crippen LogP contribution in [0.15, 0.2) is 49.0 Å². The van der Waals surface area contributed by atoms with Gasteiger partial charge in [0.25, 0.3) is 0 Å². The maximum atomic E-state index is 9.69.